The number of hydrogen-bond donors (Lipinski definition) is 6. The Bertz CT molecular complexity index is 2160. The van der Waals surface area contributed by atoms with Crippen molar-refractivity contribution < 1.29 is 48.8 Å². The number of carboxylic acids is 3. The Labute approximate surface area is 325 Å². The molecule has 0 aliphatic rings. The maximum atomic E-state index is 13.6. The second-order valence-corrected chi connectivity index (χ2v) is 14.0. The molecule has 0 aliphatic carbocycles. The monoisotopic (exact) mass is 765 g/mol. The van der Waals surface area contributed by atoms with Crippen LogP contribution in [0, 0.1) is 0 Å². The van der Waals surface area contributed by atoms with Gasteiger partial charge in [-0.1, -0.05) is 52.7 Å². The van der Waals surface area contributed by atoms with Crippen LogP contribution in [0.2, 0.25) is 0 Å². The van der Waals surface area contributed by atoms with Crippen molar-refractivity contribution in [3.63, 3.8) is 0 Å². The Hall–Kier alpha value is -6.50. The van der Waals surface area contributed by atoms with E-state index in [2.05, 4.69) is 36.7 Å². The van der Waals surface area contributed by atoms with Crippen LogP contribution < -0.4 is 20.7 Å². The van der Waals surface area contributed by atoms with Crippen molar-refractivity contribution >= 4 is 47.0 Å². The molecule has 3 amide bonds. The van der Waals surface area contributed by atoms with Crippen molar-refractivity contribution in [2.75, 3.05) is 17.7 Å². The van der Waals surface area contributed by atoms with E-state index in [1.807, 2.05) is 6.92 Å². The van der Waals surface area contributed by atoms with E-state index in [0.29, 0.717) is 24.1 Å². The normalized spacial score (nSPS) is 13.0. The number of ether oxygens (including phenoxy) is 1. The second-order valence-electron chi connectivity index (χ2n) is 14.0. The predicted octanol–water partition coefficient (Wildman–Crippen LogP) is 8.21. The summed E-state index contributed by atoms with van der Waals surface area (Å²) in [5, 5.41) is 37.2. The summed E-state index contributed by atoms with van der Waals surface area (Å²) in [6.07, 6.45) is 3.61. The average Bonchev–Trinajstić information content (AvgIpc) is 3.17. The molecule has 6 N–H and O–H groups in total. The Morgan fingerprint density at radius 3 is 1.43 bits per heavy atom. The summed E-state index contributed by atoms with van der Waals surface area (Å²) < 4.78 is 6.40. The first kappa shape index (κ1) is 42.2. The minimum atomic E-state index is -1.35. The van der Waals surface area contributed by atoms with Gasteiger partial charge in [0.25, 0.3) is 17.7 Å². The number of carbonyl (C=O) groups excluding carboxylic acids is 3. The van der Waals surface area contributed by atoms with Crippen LogP contribution in [-0.2, 0) is 11.0 Å². The highest BCUT2D eigenvalue weighted by molar-refractivity contribution is 6.12. The predicted molar refractivity (Wildman–Crippen MR) is 211 cm³/mol. The van der Waals surface area contributed by atoms with Crippen LogP contribution in [0.1, 0.15) is 140 Å². The van der Waals surface area contributed by atoms with Gasteiger partial charge in [0.05, 0.1) is 33.4 Å². The fourth-order valence-corrected chi connectivity index (χ4v) is 6.74. The summed E-state index contributed by atoms with van der Waals surface area (Å²) in [5.41, 5.74) is -0.261. The topological polar surface area (TPSA) is 208 Å². The van der Waals surface area contributed by atoms with Crippen molar-refractivity contribution in [3.8, 4) is 5.75 Å². The van der Waals surface area contributed by atoms with E-state index >= 15 is 0 Å². The Morgan fingerprint density at radius 1 is 0.554 bits per heavy atom. The molecular weight excluding hydrogens is 718 g/mol. The number of hydrogen-bond acceptors (Lipinski definition) is 7. The highest BCUT2D eigenvalue weighted by Crippen LogP contribution is 2.36. The third kappa shape index (κ3) is 9.41. The van der Waals surface area contributed by atoms with Gasteiger partial charge in [0.15, 0.2) is 0 Å². The summed E-state index contributed by atoms with van der Waals surface area (Å²) >= 11 is 0. The zero-order valence-corrected chi connectivity index (χ0v) is 32.2. The van der Waals surface area contributed by atoms with E-state index in [4.69, 9.17) is 4.74 Å². The first-order valence-electron chi connectivity index (χ1n) is 18.3. The Morgan fingerprint density at radius 2 is 0.982 bits per heavy atom. The lowest BCUT2D eigenvalue weighted by atomic mass is 9.75. The molecule has 0 aromatic heterocycles. The largest absolute Gasteiger partial charge is 0.483 e. The SMILES string of the molecule is CCCC(C)(CC)c1ccc(C(=O)O)c(C(=O)Nc2ccc(NC(=O)c3cc(OC(C)(CCC)c4ccc(C(=O)O)c(C(=O)NC)c4)ccc3C(=O)O)cc2)c1. The lowest BCUT2D eigenvalue weighted by molar-refractivity contribution is 0.0676. The summed E-state index contributed by atoms with van der Waals surface area (Å²) in [5.74, 6) is -5.68. The summed E-state index contributed by atoms with van der Waals surface area (Å²) in [6, 6.07) is 19.1. The zero-order chi connectivity index (χ0) is 41.4. The van der Waals surface area contributed by atoms with Crippen molar-refractivity contribution in [1.29, 1.82) is 0 Å². The molecule has 0 aliphatic heterocycles. The van der Waals surface area contributed by atoms with E-state index in [-0.39, 0.29) is 50.2 Å². The van der Waals surface area contributed by atoms with Gasteiger partial charge < -0.3 is 36.0 Å². The average molecular weight is 766 g/mol. The van der Waals surface area contributed by atoms with Gasteiger partial charge in [0.1, 0.15) is 11.4 Å². The van der Waals surface area contributed by atoms with Gasteiger partial charge in [-0.15, -0.1) is 0 Å². The first-order valence-corrected chi connectivity index (χ1v) is 18.3. The molecule has 0 saturated carbocycles. The smallest absolute Gasteiger partial charge is 0.336 e. The number of amides is 3. The van der Waals surface area contributed by atoms with E-state index in [0.717, 1.165) is 24.8 Å². The maximum absolute atomic E-state index is 13.6. The molecule has 0 heterocycles. The van der Waals surface area contributed by atoms with Gasteiger partial charge >= 0.3 is 17.9 Å². The molecule has 56 heavy (non-hydrogen) atoms. The number of benzene rings is 4. The van der Waals surface area contributed by atoms with Gasteiger partial charge in [-0.3, -0.25) is 14.4 Å². The molecule has 0 spiro atoms. The number of carboxylic acid groups (broad SMARTS) is 3. The van der Waals surface area contributed by atoms with Crippen LogP contribution in [-0.4, -0.2) is 58.0 Å². The maximum Gasteiger partial charge on any atom is 0.336 e. The van der Waals surface area contributed by atoms with Crippen LogP contribution in [0.4, 0.5) is 11.4 Å². The van der Waals surface area contributed by atoms with Crippen LogP contribution in [0.25, 0.3) is 0 Å². The number of aromatic carboxylic acids is 3. The lowest BCUT2D eigenvalue weighted by Crippen LogP contribution is -2.31. The lowest BCUT2D eigenvalue weighted by Gasteiger charge is -2.32. The zero-order valence-electron chi connectivity index (χ0n) is 32.2. The molecule has 2 unspecified atom stereocenters. The van der Waals surface area contributed by atoms with Gasteiger partial charge in [-0.05, 0) is 109 Å². The summed E-state index contributed by atoms with van der Waals surface area (Å²) in [6.45, 7) is 9.87. The van der Waals surface area contributed by atoms with Crippen LogP contribution >= 0.6 is 0 Å². The van der Waals surface area contributed by atoms with Crippen molar-refractivity contribution in [2.24, 2.45) is 0 Å². The molecule has 0 fully saturated rings. The molecule has 294 valence electrons. The van der Waals surface area contributed by atoms with Crippen molar-refractivity contribution in [2.45, 2.75) is 77.7 Å². The highest BCUT2D eigenvalue weighted by Gasteiger charge is 2.32. The Kier molecular flexibility index (Phi) is 13.4. The minimum Gasteiger partial charge on any atom is -0.483 e. The quantitative estimate of drug-likeness (QED) is 0.0607. The minimum absolute atomic E-state index is 0.0191. The van der Waals surface area contributed by atoms with E-state index in [9.17, 15) is 44.1 Å². The number of anilines is 2. The summed E-state index contributed by atoms with van der Waals surface area (Å²) in [4.78, 5) is 75.6. The van der Waals surface area contributed by atoms with Gasteiger partial charge in [0, 0.05) is 18.4 Å². The van der Waals surface area contributed by atoms with E-state index in [1.54, 1.807) is 25.1 Å². The number of carbonyl (C=O) groups is 6. The van der Waals surface area contributed by atoms with Crippen molar-refractivity contribution in [1.82, 2.24) is 5.32 Å². The van der Waals surface area contributed by atoms with E-state index < -0.39 is 41.2 Å². The number of nitrogens with one attached hydrogen (secondary N) is 3. The molecule has 2 atom stereocenters. The van der Waals surface area contributed by atoms with Crippen LogP contribution in [0.3, 0.4) is 0 Å². The molecular formula is C43H47N3O10. The third-order valence-electron chi connectivity index (χ3n) is 10.0. The molecule has 0 bridgehead atoms. The summed E-state index contributed by atoms with van der Waals surface area (Å²) in [7, 11) is 1.39. The van der Waals surface area contributed by atoms with Gasteiger partial charge in [-0.25, -0.2) is 14.4 Å². The van der Waals surface area contributed by atoms with Gasteiger partial charge in [0.2, 0.25) is 0 Å². The highest BCUT2D eigenvalue weighted by atomic mass is 16.5. The molecule has 4 rings (SSSR count). The molecule has 13 heteroatoms. The molecule has 4 aromatic carbocycles. The fraction of sp³-hybridized carbons (Fsp3) is 0.302. The molecule has 0 radical (unpaired) electrons. The molecule has 0 saturated heterocycles. The number of rotatable bonds is 17. The Balaban J connectivity index is 1.59. The van der Waals surface area contributed by atoms with Crippen LogP contribution in [0.15, 0.2) is 78.9 Å². The van der Waals surface area contributed by atoms with Crippen molar-refractivity contribution in [3.05, 3.63) is 123 Å². The fourth-order valence-electron chi connectivity index (χ4n) is 6.74. The van der Waals surface area contributed by atoms with E-state index in [1.165, 1.54) is 67.7 Å². The van der Waals surface area contributed by atoms with Crippen LogP contribution in [0.5, 0.6) is 5.75 Å². The van der Waals surface area contributed by atoms with Gasteiger partial charge in [-0.2, -0.15) is 0 Å². The standard InChI is InChI=1S/C43H47N3O10/c1-7-20-42(4,9-3)25-10-17-31(40(52)53)34(22-25)37(48)45-27-12-14-28(15-13-27)46-38(49)35-24-29(16-19-32(35)41(54)55)56-43(5,21-8-2)26-11-18-30(39(50)51)33(23-26)36(47)44-6/h10-19,22-24H,7-9,20-21H2,1-6H3,(H,44,47)(H,45,48)(H,46,49)(H,50,51)(H,52,53)(H,54,55). The molecule has 4 aromatic rings. The second kappa shape index (κ2) is 17.8. The first-order chi connectivity index (χ1) is 26.5. The third-order valence-corrected chi connectivity index (χ3v) is 10.0. The molecule has 13 nitrogen and oxygen atoms in total.